The Morgan fingerprint density at radius 3 is 2.52 bits per heavy atom. The average molecular weight is 307 g/mol. The van der Waals surface area contributed by atoms with Gasteiger partial charge in [0.15, 0.2) is 0 Å². The lowest BCUT2D eigenvalue weighted by atomic mass is 9.95. The number of phenolic OH excluding ortho intramolecular Hbond substituents is 1. The fourth-order valence-electron chi connectivity index (χ4n) is 2.90. The molecule has 1 N–H and O–H groups in total. The van der Waals surface area contributed by atoms with Crippen molar-refractivity contribution in [3.63, 3.8) is 0 Å². The Kier molecular flexibility index (Phi) is 4.11. The van der Waals surface area contributed by atoms with Crippen LogP contribution in [-0.4, -0.2) is 25.8 Å². The SMILES string of the molecule is CCOc1ccc(N(C)C)c(-c2c(O)ccc3ccccc23)c1. The molecule has 3 nitrogen and oxygen atoms in total. The highest BCUT2D eigenvalue weighted by Gasteiger charge is 2.15. The summed E-state index contributed by atoms with van der Waals surface area (Å²) in [7, 11) is 4.00. The Balaban J connectivity index is 2.33. The van der Waals surface area contributed by atoms with Crippen LogP contribution >= 0.6 is 0 Å². The van der Waals surface area contributed by atoms with Crippen LogP contribution in [0, 0.1) is 0 Å². The Bertz CT molecular complexity index is 840. The third-order valence-electron chi connectivity index (χ3n) is 3.94. The van der Waals surface area contributed by atoms with E-state index >= 15 is 0 Å². The van der Waals surface area contributed by atoms with Crippen LogP contribution in [0.3, 0.4) is 0 Å². The summed E-state index contributed by atoms with van der Waals surface area (Å²) in [5.41, 5.74) is 2.85. The van der Waals surface area contributed by atoms with E-state index < -0.39 is 0 Å². The van der Waals surface area contributed by atoms with E-state index in [0.717, 1.165) is 33.3 Å². The summed E-state index contributed by atoms with van der Waals surface area (Å²) in [6.45, 7) is 2.58. The summed E-state index contributed by atoms with van der Waals surface area (Å²) in [4.78, 5) is 2.05. The van der Waals surface area contributed by atoms with Crippen molar-refractivity contribution in [1.82, 2.24) is 0 Å². The highest BCUT2D eigenvalue weighted by Crippen LogP contribution is 2.42. The highest BCUT2D eigenvalue weighted by atomic mass is 16.5. The maximum Gasteiger partial charge on any atom is 0.124 e. The predicted molar refractivity (Wildman–Crippen MR) is 96.5 cm³/mol. The van der Waals surface area contributed by atoms with Gasteiger partial charge in [-0.05, 0) is 42.0 Å². The van der Waals surface area contributed by atoms with Crippen LogP contribution in [0.4, 0.5) is 5.69 Å². The van der Waals surface area contributed by atoms with Crippen LogP contribution in [0.2, 0.25) is 0 Å². The molecular weight excluding hydrogens is 286 g/mol. The second kappa shape index (κ2) is 6.21. The van der Waals surface area contributed by atoms with Crippen molar-refractivity contribution < 1.29 is 9.84 Å². The molecule has 0 spiro atoms. The molecule has 3 aromatic carbocycles. The monoisotopic (exact) mass is 307 g/mol. The number of hydrogen-bond donors (Lipinski definition) is 1. The normalized spacial score (nSPS) is 10.7. The average Bonchev–Trinajstić information content (AvgIpc) is 2.55. The summed E-state index contributed by atoms with van der Waals surface area (Å²) in [5.74, 6) is 1.08. The maximum absolute atomic E-state index is 10.5. The molecule has 0 heterocycles. The minimum absolute atomic E-state index is 0.278. The molecule has 0 radical (unpaired) electrons. The lowest BCUT2D eigenvalue weighted by Gasteiger charge is -2.20. The number of benzene rings is 3. The van der Waals surface area contributed by atoms with E-state index in [1.807, 2.05) is 68.4 Å². The van der Waals surface area contributed by atoms with E-state index in [2.05, 4.69) is 6.07 Å². The molecule has 0 aliphatic heterocycles. The van der Waals surface area contributed by atoms with Gasteiger partial charge in [0.2, 0.25) is 0 Å². The lowest BCUT2D eigenvalue weighted by molar-refractivity contribution is 0.340. The first-order chi connectivity index (χ1) is 11.1. The van der Waals surface area contributed by atoms with Gasteiger partial charge in [-0.25, -0.2) is 0 Å². The lowest BCUT2D eigenvalue weighted by Crippen LogP contribution is -2.10. The van der Waals surface area contributed by atoms with Gasteiger partial charge in [-0.1, -0.05) is 30.3 Å². The van der Waals surface area contributed by atoms with Gasteiger partial charge in [0.1, 0.15) is 11.5 Å². The molecule has 0 unspecified atom stereocenters. The summed E-state index contributed by atoms with van der Waals surface area (Å²) in [6, 6.07) is 17.8. The molecule has 23 heavy (non-hydrogen) atoms. The van der Waals surface area contributed by atoms with E-state index in [9.17, 15) is 5.11 Å². The Morgan fingerprint density at radius 2 is 1.78 bits per heavy atom. The van der Waals surface area contributed by atoms with Gasteiger partial charge in [-0.15, -0.1) is 0 Å². The first-order valence-corrected chi connectivity index (χ1v) is 7.77. The molecule has 3 aromatic rings. The molecule has 0 aromatic heterocycles. The predicted octanol–water partition coefficient (Wildman–Crippen LogP) is 4.68. The van der Waals surface area contributed by atoms with Crippen LogP contribution in [0.25, 0.3) is 21.9 Å². The molecule has 0 atom stereocenters. The number of hydrogen-bond acceptors (Lipinski definition) is 3. The molecule has 3 rings (SSSR count). The number of phenols is 1. The number of rotatable bonds is 4. The maximum atomic E-state index is 10.5. The minimum Gasteiger partial charge on any atom is -0.507 e. The molecule has 0 saturated heterocycles. The summed E-state index contributed by atoms with van der Waals surface area (Å²) < 4.78 is 5.65. The van der Waals surface area contributed by atoms with Crippen LogP contribution < -0.4 is 9.64 Å². The fourth-order valence-corrected chi connectivity index (χ4v) is 2.90. The van der Waals surface area contributed by atoms with Gasteiger partial charge in [-0.3, -0.25) is 0 Å². The first kappa shape index (κ1) is 15.2. The van der Waals surface area contributed by atoms with E-state index in [4.69, 9.17) is 4.74 Å². The van der Waals surface area contributed by atoms with Crippen molar-refractivity contribution in [2.24, 2.45) is 0 Å². The van der Waals surface area contributed by atoms with Crippen molar-refractivity contribution in [3.8, 4) is 22.6 Å². The first-order valence-electron chi connectivity index (χ1n) is 7.77. The Morgan fingerprint density at radius 1 is 1.00 bits per heavy atom. The number of ether oxygens (including phenoxy) is 1. The zero-order chi connectivity index (χ0) is 16.4. The zero-order valence-corrected chi connectivity index (χ0v) is 13.7. The standard InChI is InChI=1S/C20H21NO2/c1-4-23-15-10-11-18(21(2)3)17(13-15)20-16-8-6-5-7-14(16)9-12-19(20)22/h5-13,22H,4H2,1-3H3. The molecule has 0 bridgehead atoms. The number of nitrogens with zero attached hydrogens (tertiary/aromatic N) is 1. The second-order valence-electron chi connectivity index (χ2n) is 5.69. The summed E-state index contributed by atoms with van der Waals surface area (Å²) in [5, 5.41) is 12.7. The minimum atomic E-state index is 0.278. The molecule has 0 fully saturated rings. The van der Waals surface area contributed by atoms with Gasteiger partial charge in [-0.2, -0.15) is 0 Å². The fraction of sp³-hybridized carbons (Fsp3) is 0.200. The van der Waals surface area contributed by atoms with Crippen molar-refractivity contribution in [2.75, 3.05) is 25.6 Å². The second-order valence-corrected chi connectivity index (χ2v) is 5.69. The van der Waals surface area contributed by atoms with Crippen LogP contribution in [0.15, 0.2) is 54.6 Å². The smallest absolute Gasteiger partial charge is 0.124 e. The molecular formula is C20H21NO2. The third kappa shape index (κ3) is 2.82. The molecule has 0 saturated carbocycles. The van der Waals surface area contributed by atoms with Gasteiger partial charge >= 0.3 is 0 Å². The molecule has 0 aliphatic rings. The van der Waals surface area contributed by atoms with Crippen molar-refractivity contribution >= 4 is 16.5 Å². The van der Waals surface area contributed by atoms with E-state index in [1.54, 1.807) is 6.07 Å². The summed E-state index contributed by atoms with van der Waals surface area (Å²) >= 11 is 0. The van der Waals surface area contributed by atoms with Crippen LogP contribution in [-0.2, 0) is 0 Å². The quantitative estimate of drug-likeness (QED) is 0.760. The summed E-state index contributed by atoms with van der Waals surface area (Å²) in [6.07, 6.45) is 0. The molecule has 118 valence electrons. The zero-order valence-electron chi connectivity index (χ0n) is 13.7. The van der Waals surface area contributed by atoms with Gasteiger partial charge in [0, 0.05) is 30.9 Å². The molecule has 0 amide bonds. The highest BCUT2D eigenvalue weighted by molar-refractivity contribution is 6.02. The van der Waals surface area contributed by atoms with Gasteiger partial charge in [0.05, 0.1) is 6.61 Å². The third-order valence-corrected chi connectivity index (χ3v) is 3.94. The van der Waals surface area contributed by atoms with E-state index in [0.29, 0.717) is 6.61 Å². The van der Waals surface area contributed by atoms with Gasteiger partial charge in [0.25, 0.3) is 0 Å². The van der Waals surface area contributed by atoms with E-state index in [1.165, 1.54) is 0 Å². The Labute approximate surface area is 136 Å². The largest absolute Gasteiger partial charge is 0.507 e. The van der Waals surface area contributed by atoms with Gasteiger partial charge < -0.3 is 14.7 Å². The van der Waals surface area contributed by atoms with Crippen LogP contribution in [0.1, 0.15) is 6.92 Å². The number of anilines is 1. The van der Waals surface area contributed by atoms with Crippen LogP contribution in [0.5, 0.6) is 11.5 Å². The van der Waals surface area contributed by atoms with Crippen molar-refractivity contribution in [1.29, 1.82) is 0 Å². The molecule has 3 heteroatoms. The number of aromatic hydroxyl groups is 1. The topological polar surface area (TPSA) is 32.7 Å². The van der Waals surface area contributed by atoms with E-state index in [-0.39, 0.29) is 5.75 Å². The van der Waals surface area contributed by atoms with Crippen molar-refractivity contribution in [3.05, 3.63) is 54.6 Å². The number of fused-ring (bicyclic) bond motifs is 1. The molecule has 0 aliphatic carbocycles. The Hall–Kier alpha value is -2.68. The van der Waals surface area contributed by atoms with Crippen molar-refractivity contribution in [2.45, 2.75) is 6.92 Å².